The van der Waals surface area contributed by atoms with Gasteiger partial charge in [0.05, 0.1) is 22.7 Å². The van der Waals surface area contributed by atoms with E-state index in [1.165, 1.54) is 30.2 Å². The highest BCUT2D eigenvalue weighted by Crippen LogP contribution is 2.57. The minimum Gasteiger partial charge on any atom is -0.384 e. The van der Waals surface area contributed by atoms with E-state index in [1.54, 1.807) is 0 Å². The van der Waals surface area contributed by atoms with E-state index in [0.29, 0.717) is 37.1 Å². The van der Waals surface area contributed by atoms with Gasteiger partial charge in [0.1, 0.15) is 22.8 Å². The molecule has 0 radical (unpaired) electrons. The van der Waals surface area contributed by atoms with Crippen LogP contribution in [0.4, 0.5) is 23.2 Å². The van der Waals surface area contributed by atoms with Gasteiger partial charge in [-0.1, -0.05) is 11.6 Å². The molecular formula is C24H24ClF4N5O3. The number of aliphatic hydroxyl groups excluding tert-OH is 1. The molecule has 2 aliphatic carbocycles. The van der Waals surface area contributed by atoms with Crippen LogP contribution in [0.3, 0.4) is 0 Å². The number of aliphatic hydroxyl groups is 2. The molecule has 5 rings (SSSR count). The first-order valence-corrected chi connectivity index (χ1v) is 12.0. The Morgan fingerprint density at radius 1 is 1.27 bits per heavy atom. The Bertz CT molecular complexity index is 1330. The molecule has 3 aromatic rings. The number of benzene rings is 1. The van der Waals surface area contributed by atoms with Crippen LogP contribution in [0.15, 0.2) is 30.6 Å². The van der Waals surface area contributed by atoms with Gasteiger partial charge in [-0.3, -0.25) is 9.48 Å². The molecule has 1 amide bonds. The number of aryl methyl sites for hydroxylation is 1. The van der Waals surface area contributed by atoms with Gasteiger partial charge in [0.2, 0.25) is 0 Å². The van der Waals surface area contributed by atoms with Crippen LogP contribution in [0, 0.1) is 17.7 Å². The number of nitrogens with one attached hydrogen (secondary N) is 2. The monoisotopic (exact) mass is 541 g/mol. The maximum Gasteiger partial charge on any atom is 0.420 e. The molecule has 0 saturated heterocycles. The van der Waals surface area contributed by atoms with Crippen LogP contribution in [-0.4, -0.2) is 42.0 Å². The lowest BCUT2D eigenvalue weighted by Crippen LogP contribution is -2.26. The number of H-pyrrole nitrogens is 1. The van der Waals surface area contributed by atoms with E-state index < -0.39 is 35.3 Å². The van der Waals surface area contributed by atoms with Crippen LogP contribution in [0.1, 0.15) is 65.3 Å². The lowest BCUT2D eigenvalue weighted by Gasteiger charge is -2.25. The van der Waals surface area contributed by atoms with E-state index >= 15 is 0 Å². The number of carbonyl (C=O) groups excluding carboxylic acids is 1. The second kappa shape index (κ2) is 9.10. The summed E-state index contributed by atoms with van der Waals surface area (Å²) in [6.45, 7) is 0. The summed E-state index contributed by atoms with van der Waals surface area (Å²) in [5.41, 5.74) is -0.508. The van der Waals surface area contributed by atoms with Crippen molar-refractivity contribution in [1.82, 2.24) is 19.7 Å². The summed E-state index contributed by atoms with van der Waals surface area (Å²) < 4.78 is 53.4. The minimum atomic E-state index is -4.86. The number of rotatable bonds is 5. The number of nitrogens with zero attached hydrogens (tertiary/aromatic N) is 3. The highest BCUT2D eigenvalue weighted by molar-refractivity contribution is 6.31. The summed E-state index contributed by atoms with van der Waals surface area (Å²) >= 11 is 5.79. The lowest BCUT2D eigenvalue weighted by molar-refractivity contribution is -0.208. The van der Waals surface area contributed by atoms with Crippen LogP contribution < -0.4 is 5.32 Å². The van der Waals surface area contributed by atoms with Crippen molar-refractivity contribution in [2.45, 2.75) is 49.5 Å². The van der Waals surface area contributed by atoms with Gasteiger partial charge in [-0.05, 0) is 61.8 Å². The topological polar surface area (TPSA) is 116 Å². The molecule has 2 heterocycles. The van der Waals surface area contributed by atoms with E-state index in [-0.39, 0.29) is 34.2 Å². The Morgan fingerprint density at radius 3 is 2.57 bits per heavy atom. The fourth-order valence-corrected chi connectivity index (χ4v) is 6.07. The molecule has 4 N–H and O–H groups in total. The van der Waals surface area contributed by atoms with Gasteiger partial charge in [-0.25, -0.2) is 9.37 Å². The normalized spacial score (nSPS) is 26.3. The Morgan fingerprint density at radius 2 is 1.95 bits per heavy atom. The first-order valence-electron chi connectivity index (χ1n) is 11.7. The summed E-state index contributed by atoms with van der Waals surface area (Å²) in [6, 6.07) is 4.98. The number of amides is 1. The summed E-state index contributed by atoms with van der Waals surface area (Å²) in [4.78, 5) is 20.1. The van der Waals surface area contributed by atoms with Crippen molar-refractivity contribution < 1.29 is 32.6 Å². The average molecular weight is 542 g/mol. The minimum absolute atomic E-state index is 0.0579. The number of carbonyl (C=O) groups is 1. The molecule has 1 aromatic carbocycles. The maximum absolute atomic E-state index is 13.4. The molecule has 0 spiro atoms. The van der Waals surface area contributed by atoms with Gasteiger partial charge in [0.25, 0.3) is 5.91 Å². The number of hydrogen-bond acceptors (Lipinski definition) is 5. The van der Waals surface area contributed by atoms with Crippen molar-refractivity contribution in [2.75, 3.05) is 5.32 Å². The van der Waals surface area contributed by atoms with Crippen molar-refractivity contribution in [3.8, 4) is 0 Å². The lowest BCUT2D eigenvalue weighted by atomic mass is 9.90. The molecule has 2 saturated carbocycles. The molecule has 8 nitrogen and oxygen atoms in total. The molecule has 3 atom stereocenters. The molecule has 37 heavy (non-hydrogen) atoms. The molecule has 2 aliphatic rings. The zero-order valence-corrected chi connectivity index (χ0v) is 20.3. The van der Waals surface area contributed by atoms with Gasteiger partial charge in [0, 0.05) is 18.7 Å². The Balaban J connectivity index is 1.28. The Hall–Kier alpha value is -2.96. The first kappa shape index (κ1) is 25.7. The van der Waals surface area contributed by atoms with E-state index in [0.717, 1.165) is 12.1 Å². The van der Waals surface area contributed by atoms with Gasteiger partial charge in [-0.15, -0.1) is 0 Å². The van der Waals surface area contributed by atoms with E-state index in [9.17, 15) is 32.6 Å². The second-order valence-electron chi connectivity index (χ2n) is 9.90. The van der Waals surface area contributed by atoms with E-state index in [4.69, 9.17) is 11.6 Å². The Kier molecular flexibility index (Phi) is 6.32. The third-order valence-corrected chi connectivity index (χ3v) is 7.76. The first-order chi connectivity index (χ1) is 17.4. The third-order valence-electron chi connectivity index (χ3n) is 7.47. The van der Waals surface area contributed by atoms with Gasteiger partial charge in [0.15, 0.2) is 6.10 Å². The summed E-state index contributed by atoms with van der Waals surface area (Å²) in [5.74, 6) is -0.987. The number of aromatic nitrogens is 4. The number of aromatic amines is 1. The molecule has 2 aromatic heterocycles. The SMILES string of the molecule is Cn1nc(C(O)C(F)(F)F)cc1C1(O)CC2CC(c3nc[nH]c3C(=O)Nc3ccc(F)c(Cl)c3)CC2C1. The summed E-state index contributed by atoms with van der Waals surface area (Å²) in [6.07, 6.45) is -4.26. The summed E-state index contributed by atoms with van der Waals surface area (Å²) in [7, 11) is 1.44. The average Bonchev–Trinajstić information content (AvgIpc) is 3.57. The Labute approximate surface area is 213 Å². The predicted octanol–water partition coefficient (Wildman–Crippen LogP) is 4.58. The molecule has 3 unspecified atom stereocenters. The molecular weight excluding hydrogens is 518 g/mol. The molecule has 0 bridgehead atoms. The zero-order valence-electron chi connectivity index (χ0n) is 19.6. The largest absolute Gasteiger partial charge is 0.420 e. The smallest absolute Gasteiger partial charge is 0.384 e. The number of fused-ring (bicyclic) bond motifs is 1. The maximum atomic E-state index is 13.4. The third kappa shape index (κ3) is 4.73. The van der Waals surface area contributed by atoms with E-state index in [1.807, 2.05) is 0 Å². The number of imidazole rings is 1. The fourth-order valence-electron chi connectivity index (χ4n) is 5.89. The van der Waals surface area contributed by atoms with Crippen LogP contribution in [0.25, 0.3) is 0 Å². The number of halogens is 5. The van der Waals surface area contributed by atoms with Crippen molar-refractivity contribution in [1.29, 1.82) is 0 Å². The quantitative estimate of drug-likeness (QED) is 0.353. The fraction of sp³-hybridized carbons (Fsp3) is 0.458. The molecule has 198 valence electrons. The summed E-state index contributed by atoms with van der Waals surface area (Å²) in [5, 5.41) is 27.3. The van der Waals surface area contributed by atoms with Gasteiger partial charge < -0.3 is 20.5 Å². The number of hydrogen-bond donors (Lipinski definition) is 4. The van der Waals surface area contributed by atoms with Crippen molar-refractivity contribution >= 4 is 23.2 Å². The molecule has 13 heteroatoms. The number of alkyl halides is 3. The van der Waals surface area contributed by atoms with Gasteiger partial charge >= 0.3 is 6.18 Å². The van der Waals surface area contributed by atoms with Crippen molar-refractivity contribution in [2.24, 2.45) is 18.9 Å². The van der Waals surface area contributed by atoms with E-state index in [2.05, 4.69) is 20.4 Å². The second-order valence-corrected chi connectivity index (χ2v) is 10.3. The highest BCUT2D eigenvalue weighted by Gasteiger charge is 2.52. The van der Waals surface area contributed by atoms with Crippen LogP contribution in [-0.2, 0) is 12.6 Å². The highest BCUT2D eigenvalue weighted by atomic mass is 35.5. The molecule has 2 fully saturated rings. The van der Waals surface area contributed by atoms with Crippen molar-refractivity contribution in [3.05, 3.63) is 64.2 Å². The van der Waals surface area contributed by atoms with Crippen molar-refractivity contribution in [3.63, 3.8) is 0 Å². The zero-order chi connectivity index (χ0) is 26.7. The van der Waals surface area contributed by atoms with Gasteiger partial charge in [-0.2, -0.15) is 18.3 Å². The van der Waals surface area contributed by atoms with Crippen LogP contribution >= 0.6 is 11.6 Å². The van der Waals surface area contributed by atoms with Crippen LogP contribution in [0.2, 0.25) is 5.02 Å². The predicted molar refractivity (Wildman–Crippen MR) is 124 cm³/mol. The molecule has 0 aliphatic heterocycles. The van der Waals surface area contributed by atoms with Crippen LogP contribution in [0.5, 0.6) is 0 Å². The standard InChI is InChI=1S/C24H24ClF4N5O3/c1-34-18(7-17(33-34)21(35)24(27,28)29)23(37)8-12-4-11(5-13(12)9-23)19-20(31-10-30-19)22(36)32-14-2-3-16(26)15(25)6-14/h2-3,6-7,10-13,21,35,37H,4-5,8-9H2,1H3,(H,30,31)(H,32,36). The number of anilines is 1.